The molecule has 100 valence electrons. The van der Waals surface area contributed by atoms with Crippen LogP contribution < -0.4 is 5.32 Å². The van der Waals surface area contributed by atoms with Crippen molar-refractivity contribution in [2.45, 2.75) is 6.92 Å². The van der Waals surface area contributed by atoms with E-state index in [1.54, 1.807) is 6.92 Å². The highest BCUT2D eigenvalue weighted by atomic mass is 19.2. The molecule has 4 nitrogen and oxygen atoms in total. The van der Waals surface area contributed by atoms with Gasteiger partial charge in [0.15, 0.2) is 11.6 Å². The number of hydrogen-bond acceptors (Lipinski definition) is 4. The molecule has 0 fully saturated rings. The quantitative estimate of drug-likeness (QED) is 0.600. The topological polar surface area (TPSA) is 47.6 Å². The normalized spacial score (nSPS) is 10.2. The molecule has 6 heteroatoms. The number of anilines is 1. The summed E-state index contributed by atoms with van der Waals surface area (Å²) in [5.41, 5.74) is 0.0646. The van der Waals surface area contributed by atoms with Crippen molar-refractivity contribution < 1.29 is 23.0 Å². The Morgan fingerprint density at radius 2 is 2.17 bits per heavy atom. The molecule has 0 radical (unpaired) electrons. The molecular weight excluding hydrogens is 244 g/mol. The van der Waals surface area contributed by atoms with Gasteiger partial charge in [0.05, 0.1) is 18.9 Å². The van der Waals surface area contributed by atoms with Gasteiger partial charge in [-0.15, -0.1) is 0 Å². The third kappa shape index (κ3) is 4.67. The highest BCUT2D eigenvalue weighted by molar-refractivity contribution is 5.70. The van der Waals surface area contributed by atoms with Crippen LogP contribution in [0.5, 0.6) is 0 Å². The molecule has 1 N–H and O–H groups in total. The second-order valence-electron chi connectivity index (χ2n) is 3.39. The van der Waals surface area contributed by atoms with Crippen molar-refractivity contribution >= 4 is 11.7 Å². The van der Waals surface area contributed by atoms with E-state index in [1.807, 2.05) is 0 Å². The van der Waals surface area contributed by atoms with Crippen molar-refractivity contribution in [2.75, 3.05) is 31.7 Å². The van der Waals surface area contributed by atoms with Crippen LogP contribution in [0.15, 0.2) is 18.2 Å². The first kappa shape index (κ1) is 14.4. The first-order valence-electron chi connectivity index (χ1n) is 5.56. The summed E-state index contributed by atoms with van der Waals surface area (Å²) in [6.45, 7) is 2.30. The number of hydrogen-bond donors (Lipinski definition) is 1. The number of carbonyl (C=O) groups is 1. The zero-order valence-corrected chi connectivity index (χ0v) is 10.0. The summed E-state index contributed by atoms with van der Waals surface area (Å²) in [7, 11) is 0. The molecule has 0 aliphatic carbocycles. The molecule has 0 saturated carbocycles. The van der Waals surface area contributed by atoms with Gasteiger partial charge in [0, 0.05) is 6.54 Å². The summed E-state index contributed by atoms with van der Waals surface area (Å²) >= 11 is 0. The fraction of sp³-hybridized carbons (Fsp3) is 0.417. The van der Waals surface area contributed by atoms with Gasteiger partial charge < -0.3 is 14.8 Å². The van der Waals surface area contributed by atoms with E-state index >= 15 is 0 Å². The largest absolute Gasteiger partial charge is 0.464 e. The van der Waals surface area contributed by atoms with Crippen LogP contribution in [0.3, 0.4) is 0 Å². The van der Waals surface area contributed by atoms with Crippen LogP contribution in [-0.4, -0.2) is 32.3 Å². The minimum absolute atomic E-state index is 0.0646. The predicted octanol–water partition coefficient (Wildman–Crippen LogP) is 1.96. The fourth-order valence-corrected chi connectivity index (χ4v) is 1.26. The Morgan fingerprint density at radius 3 is 2.89 bits per heavy atom. The number of nitrogens with one attached hydrogen (secondary N) is 1. The lowest BCUT2D eigenvalue weighted by molar-refractivity contribution is -0.148. The summed E-state index contributed by atoms with van der Waals surface area (Å²) in [6, 6.07) is 3.86. The van der Waals surface area contributed by atoms with Crippen LogP contribution in [0.4, 0.5) is 14.5 Å². The summed E-state index contributed by atoms with van der Waals surface area (Å²) in [5, 5.41) is 2.67. The van der Waals surface area contributed by atoms with Gasteiger partial charge >= 0.3 is 5.97 Å². The molecule has 0 unspecified atom stereocenters. The zero-order chi connectivity index (χ0) is 13.4. The first-order chi connectivity index (χ1) is 8.65. The minimum Gasteiger partial charge on any atom is -0.464 e. The monoisotopic (exact) mass is 259 g/mol. The lowest BCUT2D eigenvalue weighted by Gasteiger charge is -2.08. The maximum Gasteiger partial charge on any atom is 0.332 e. The standard InChI is InChI=1S/C12H15F2NO3/c1-2-18-11(16)8-17-7-6-15-10-5-3-4-9(13)12(10)14/h3-5,15H,2,6-8H2,1H3. The molecule has 0 spiro atoms. The molecule has 18 heavy (non-hydrogen) atoms. The van der Waals surface area contributed by atoms with E-state index in [-0.39, 0.29) is 25.4 Å². The van der Waals surface area contributed by atoms with E-state index in [4.69, 9.17) is 4.74 Å². The Morgan fingerprint density at radius 1 is 1.39 bits per heavy atom. The van der Waals surface area contributed by atoms with Crippen LogP contribution in [0.1, 0.15) is 6.92 Å². The van der Waals surface area contributed by atoms with E-state index in [0.29, 0.717) is 6.61 Å². The van der Waals surface area contributed by atoms with Crippen LogP contribution >= 0.6 is 0 Å². The Labute approximate surface area is 104 Å². The SMILES string of the molecule is CCOC(=O)COCCNc1cccc(F)c1F. The highest BCUT2D eigenvalue weighted by Crippen LogP contribution is 2.15. The van der Waals surface area contributed by atoms with E-state index in [0.717, 1.165) is 6.07 Å². The highest BCUT2D eigenvalue weighted by Gasteiger charge is 2.06. The van der Waals surface area contributed by atoms with E-state index in [9.17, 15) is 13.6 Å². The van der Waals surface area contributed by atoms with Crippen molar-refractivity contribution in [2.24, 2.45) is 0 Å². The number of ether oxygens (including phenoxy) is 2. The number of benzene rings is 1. The van der Waals surface area contributed by atoms with Crippen molar-refractivity contribution in [1.82, 2.24) is 0 Å². The van der Waals surface area contributed by atoms with Crippen molar-refractivity contribution in [3.05, 3.63) is 29.8 Å². The van der Waals surface area contributed by atoms with Crippen molar-refractivity contribution in [3.63, 3.8) is 0 Å². The predicted molar refractivity (Wildman–Crippen MR) is 62.3 cm³/mol. The lowest BCUT2D eigenvalue weighted by Crippen LogP contribution is -2.17. The molecular formula is C12H15F2NO3. The van der Waals surface area contributed by atoms with Crippen molar-refractivity contribution in [1.29, 1.82) is 0 Å². The lowest BCUT2D eigenvalue weighted by atomic mass is 10.3. The van der Waals surface area contributed by atoms with Crippen LogP contribution in [0, 0.1) is 11.6 Å². The Bertz CT molecular complexity index is 399. The van der Waals surface area contributed by atoms with Gasteiger partial charge in [-0.3, -0.25) is 0 Å². The molecule has 0 bridgehead atoms. The van der Waals surface area contributed by atoms with E-state index in [2.05, 4.69) is 10.1 Å². The van der Waals surface area contributed by atoms with Gasteiger partial charge in [0.25, 0.3) is 0 Å². The zero-order valence-electron chi connectivity index (χ0n) is 10.0. The third-order valence-electron chi connectivity index (χ3n) is 2.04. The molecule has 0 amide bonds. The first-order valence-corrected chi connectivity index (χ1v) is 5.56. The van der Waals surface area contributed by atoms with E-state index < -0.39 is 17.6 Å². The second kappa shape index (κ2) is 7.60. The third-order valence-corrected chi connectivity index (χ3v) is 2.04. The molecule has 0 heterocycles. The Balaban J connectivity index is 2.22. The minimum atomic E-state index is -0.928. The molecule has 1 aromatic rings. The molecule has 0 saturated heterocycles. The fourth-order valence-electron chi connectivity index (χ4n) is 1.26. The number of carbonyl (C=O) groups excluding carboxylic acids is 1. The summed E-state index contributed by atoms with van der Waals surface area (Å²) in [5.74, 6) is -2.29. The van der Waals surface area contributed by atoms with Gasteiger partial charge in [-0.1, -0.05) is 6.07 Å². The van der Waals surface area contributed by atoms with Gasteiger partial charge in [-0.05, 0) is 19.1 Å². The van der Waals surface area contributed by atoms with Gasteiger partial charge in [-0.2, -0.15) is 0 Å². The van der Waals surface area contributed by atoms with Crippen LogP contribution in [0.2, 0.25) is 0 Å². The summed E-state index contributed by atoms with van der Waals surface area (Å²) in [4.78, 5) is 10.9. The van der Waals surface area contributed by atoms with Gasteiger partial charge in [-0.25, -0.2) is 13.6 Å². The number of esters is 1. The summed E-state index contributed by atoms with van der Waals surface area (Å²) in [6.07, 6.45) is 0. The Kier molecular flexibility index (Phi) is 6.07. The Hall–Kier alpha value is -1.69. The van der Waals surface area contributed by atoms with Gasteiger partial charge in [0.1, 0.15) is 6.61 Å². The molecule has 0 aromatic heterocycles. The number of rotatable bonds is 7. The number of halogens is 2. The second-order valence-corrected chi connectivity index (χ2v) is 3.39. The van der Waals surface area contributed by atoms with E-state index in [1.165, 1.54) is 12.1 Å². The molecule has 1 rings (SSSR count). The molecule has 0 aliphatic heterocycles. The van der Waals surface area contributed by atoms with Crippen LogP contribution in [-0.2, 0) is 14.3 Å². The van der Waals surface area contributed by atoms with Gasteiger partial charge in [0.2, 0.25) is 0 Å². The molecule has 0 aliphatic rings. The molecule has 1 aromatic carbocycles. The maximum absolute atomic E-state index is 13.2. The summed E-state index contributed by atoms with van der Waals surface area (Å²) < 4.78 is 35.7. The maximum atomic E-state index is 13.2. The van der Waals surface area contributed by atoms with Crippen LogP contribution in [0.25, 0.3) is 0 Å². The average Bonchev–Trinajstić information content (AvgIpc) is 2.34. The average molecular weight is 259 g/mol. The smallest absolute Gasteiger partial charge is 0.332 e. The molecule has 0 atom stereocenters. The van der Waals surface area contributed by atoms with Crippen molar-refractivity contribution in [3.8, 4) is 0 Å².